The fraction of sp³-hybridized carbons (Fsp3) is 0.241. The second kappa shape index (κ2) is 10.3. The minimum Gasteiger partial charge on any atom is -0.483 e. The zero-order valence-electron chi connectivity index (χ0n) is 19.5. The molecule has 0 bridgehead atoms. The molecule has 0 radical (unpaired) electrons. The Balaban J connectivity index is 1.47. The minimum atomic E-state index is -0.191. The lowest BCUT2D eigenvalue weighted by Crippen LogP contribution is -2.34. The monoisotopic (exact) mass is 504 g/mol. The largest absolute Gasteiger partial charge is 0.483 e. The molecule has 2 atom stereocenters. The minimum absolute atomic E-state index is 0.0747. The number of benzene rings is 3. The lowest BCUT2D eigenvalue weighted by Gasteiger charge is -2.29. The first-order chi connectivity index (χ1) is 17.0. The van der Waals surface area contributed by atoms with Gasteiger partial charge in [0.15, 0.2) is 6.61 Å². The quantitative estimate of drug-likeness (QED) is 0.360. The maximum atomic E-state index is 13.5. The Labute approximate surface area is 215 Å². The van der Waals surface area contributed by atoms with Crippen LogP contribution in [0.5, 0.6) is 5.75 Å². The molecule has 0 N–H and O–H groups in total. The van der Waals surface area contributed by atoms with E-state index < -0.39 is 0 Å². The topological polar surface area (TPSA) is 41.9 Å². The highest BCUT2D eigenvalue weighted by Gasteiger charge is 2.43. The first-order valence-corrected chi connectivity index (χ1v) is 12.6. The van der Waals surface area contributed by atoms with Crippen LogP contribution in [0.1, 0.15) is 42.0 Å². The van der Waals surface area contributed by atoms with Gasteiger partial charge >= 0.3 is 0 Å². The molecule has 1 aliphatic heterocycles. The van der Waals surface area contributed by atoms with Gasteiger partial charge in [0.2, 0.25) is 0 Å². The van der Waals surface area contributed by atoms with Gasteiger partial charge in [-0.2, -0.15) is 5.10 Å². The van der Waals surface area contributed by atoms with Crippen LogP contribution in [0.2, 0.25) is 10.0 Å². The second-order valence-corrected chi connectivity index (χ2v) is 9.87. The number of allylic oxidation sites excluding steroid dienone is 1. The van der Waals surface area contributed by atoms with Gasteiger partial charge in [-0.3, -0.25) is 4.79 Å². The normalized spacial score (nSPS) is 20.5. The summed E-state index contributed by atoms with van der Waals surface area (Å²) in [5.74, 6) is 0.656. The molecular weight excluding hydrogens is 479 g/mol. The molecule has 3 aromatic carbocycles. The van der Waals surface area contributed by atoms with Crippen molar-refractivity contribution in [1.82, 2.24) is 5.01 Å². The Hall–Kier alpha value is -3.08. The van der Waals surface area contributed by atoms with Crippen LogP contribution in [0.4, 0.5) is 0 Å². The lowest BCUT2D eigenvalue weighted by atomic mass is 9.77. The number of fused-ring (bicyclic) bond motifs is 1. The number of hydrazone groups is 1. The Morgan fingerprint density at radius 2 is 1.71 bits per heavy atom. The van der Waals surface area contributed by atoms with Crippen LogP contribution >= 0.6 is 23.2 Å². The van der Waals surface area contributed by atoms with Gasteiger partial charge in [-0.25, -0.2) is 5.01 Å². The number of ether oxygens (including phenoxy) is 1. The van der Waals surface area contributed by atoms with E-state index in [2.05, 4.69) is 6.08 Å². The van der Waals surface area contributed by atoms with Crippen LogP contribution < -0.4 is 4.74 Å². The van der Waals surface area contributed by atoms with E-state index in [-0.39, 0.29) is 24.5 Å². The number of carbonyl (C=O) groups is 1. The average molecular weight is 505 g/mol. The van der Waals surface area contributed by atoms with Crippen molar-refractivity contribution in [3.63, 3.8) is 0 Å². The number of rotatable bonds is 5. The fourth-order valence-electron chi connectivity index (χ4n) is 4.88. The van der Waals surface area contributed by atoms with E-state index in [1.54, 1.807) is 5.01 Å². The highest BCUT2D eigenvalue weighted by molar-refractivity contribution is 6.30. The van der Waals surface area contributed by atoms with Gasteiger partial charge < -0.3 is 4.74 Å². The van der Waals surface area contributed by atoms with Gasteiger partial charge in [0.25, 0.3) is 5.91 Å². The molecule has 3 aromatic rings. The van der Waals surface area contributed by atoms with Gasteiger partial charge in [-0.05, 0) is 84.9 Å². The second-order valence-electron chi connectivity index (χ2n) is 8.99. The number of nitrogens with zero attached hydrogens (tertiary/aromatic N) is 2. The maximum Gasteiger partial charge on any atom is 0.281 e. The van der Waals surface area contributed by atoms with Gasteiger partial charge in [-0.1, -0.05) is 65.7 Å². The molecule has 0 saturated heterocycles. The van der Waals surface area contributed by atoms with Crippen LogP contribution in [-0.4, -0.2) is 23.2 Å². The summed E-state index contributed by atoms with van der Waals surface area (Å²) in [6, 6.07) is 23.0. The third-order valence-electron chi connectivity index (χ3n) is 6.62. The summed E-state index contributed by atoms with van der Waals surface area (Å²) >= 11 is 12.2. The van der Waals surface area contributed by atoms with Crippen molar-refractivity contribution in [2.75, 3.05) is 6.61 Å². The van der Waals surface area contributed by atoms with Gasteiger partial charge in [0.05, 0.1) is 11.8 Å². The molecule has 1 saturated carbocycles. The molecule has 5 rings (SSSR count). The van der Waals surface area contributed by atoms with Crippen molar-refractivity contribution in [3.8, 4) is 5.75 Å². The van der Waals surface area contributed by atoms with Crippen molar-refractivity contribution in [1.29, 1.82) is 0 Å². The Morgan fingerprint density at radius 3 is 2.43 bits per heavy atom. The molecule has 2 aliphatic rings. The summed E-state index contributed by atoms with van der Waals surface area (Å²) < 4.78 is 5.89. The van der Waals surface area contributed by atoms with Crippen LogP contribution in [0.15, 0.2) is 83.5 Å². The van der Waals surface area contributed by atoms with Crippen molar-refractivity contribution in [3.05, 3.63) is 105 Å². The van der Waals surface area contributed by atoms with Crippen LogP contribution in [0.3, 0.4) is 0 Å². The van der Waals surface area contributed by atoms with E-state index in [0.717, 1.165) is 47.2 Å². The molecule has 178 valence electrons. The number of para-hydroxylation sites is 1. The summed E-state index contributed by atoms with van der Waals surface area (Å²) in [6.45, 7) is 1.89. The number of carbonyl (C=O) groups excluding carboxylic acids is 1. The summed E-state index contributed by atoms with van der Waals surface area (Å²) in [6.07, 6.45) is 5.09. The standard InChI is InChI=1S/C29H26Cl2N2O2/c1-19-5-2-3-8-26(19)35-18-27(34)33-29(21-11-15-24(31)16-12-21)25-7-4-6-22(28(25)32-33)17-20-9-13-23(30)14-10-20/h2-3,5,8-17,25,29H,4,6-7,18H2,1H3/b22-17+/t25-,29-/m0/s1. The zero-order chi connectivity index (χ0) is 24.4. The van der Waals surface area contributed by atoms with Gasteiger partial charge in [0.1, 0.15) is 5.75 Å². The van der Waals surface area contributed by atoms with Crippen LogP contribution in [-0.2, 0) is 4.79 Å². The highest BCUT2D eigenvalue weighted by atomic mass is 35.5. The molecular formula is C29H26Cl2N2O2. The van der Waals surface area contributed by atoms with Crippen molar-refractivity contribution >= 4 is 40.9 Å². The van der Waals surface area contributed by atoms with Crippen molar-refractivity contribution in [2.24, 2.45) is 11.0 Å². The number of amides is 1. The molecule has 35 heavy (non-hydrogen) atoms. The Morgan fingerprint density at radius 1 is 1.03 bits per heavy atom. The van der Waals surface area contributed by atoms with E-state index in [0.29, 0.717) is 15.8 Å². The summed E-state index contributed by atoms with van der Waals surface area (Å²) in [7, 11) is 0. The lowest BCUT2D eigenvalue weighted by molar-refractivity contribution is -0.135. The predicted molar refractivity (Wildman–Crippen MR) is 142 cm³/mol. The van der Waals surface area contributed by atoms with Crippen LogP contribution in [0, 0.1) is 12.8 Å². The molecule has 1 heterocycles. The van der Waals surface area contributed by atoms with Crippen molar-refractivity contribution in [2.45, 2.75) is 32.2 Å². The molecule has 1 aliphatic carbocycles. The predicted octanol–water partition coefficient (Wildman–Crippen LogP) is 7.50. The number of hydrogen-bond donors (Lipinski definition) is 0. The molecule has 0 aromatic heterocycles. The van der Waals surface area contributed by atoms with Crippen LogP contribution in [0.25, 0.3) is 6.08 Å². The molecule has 1 amide bonds. The zero-order valence-corrected chi connectivity index (χ0v) is 21.0. The first kappa shape index (κ1) is 23.7. The number of hydrogen-bond acceptors (Lipinski definition) is 3. The fourth-order valence-corrected chi connectivity index (χ4v) is 5.14. The summed E-state index contributed by atoms with van der Waals surface area (Å²) in [5.41, 5.74) is 5.23. The average Bonchev–Trinajstić information content (AvgIpc) is 3.26. The van der Waals surface area contributed by atoms with Gasteiger partial charge in [0, 0.05) is 16.0 Å². The molecule has 4 nitrogen and oxygen atoms in total. The summed E-state index contributed by atoms with van der Waals surface area (Å²) in [4.78, 5) is 13.5. The summed E-state index contributed by atoms with van der Waals surface area (Å²) in [5, 5.41) is 7.92. The molecule has 0 unspecified atom stereocenters. The van der Waals surface area contributed by atoms with E-state index in [4.69, 9.17) is 33.0 Å². The van der Waals surface area contributed by atoms with E-state index in [9.17, 15) is 4.79 Å². The third kappa shape index (κ3) is 5.14. The Bertz CT molecular complexity index is 1280. The number of aryl methyl sites for hydroxylation is 1. The van der Waals surface area contributed by atoms with Gasteiger partial charge in [-0.15, -0.1) is 0 Å². The third-order valence-corrected chi connectivity index (χ3v) is 7.13. The number of halogens is 2. The Kier molecular flexibility index (Phi) is 6.94. The van der Waals surface area contributed by atoms with E-state index >= 15 is 0 Å². The smallest absolute Gasteiger partial charge is 0.281 e. The molecule has 0 spiro atoms. The highest BCUT2D eigenvalue weighted by Crippen LogP contribution is 2.44. The van der Waals surface area contributed by atoms with Crippen molar-refractivity contribution < 1.29 is 9.53 Å². The van der Waals surface area contributed by atoms with E-state index in [1.165, 1.54) is 0 Å². The molecule has 6 heteroatoms. The molecule has 1 fully saturated rings. The SMILES string of the molecule is Cc1ccccc1OCC(=O)N1N=C2/C(=C/c3ccc(Cl)cc3)CCC[C@@H]2[C@@H]1c1ccc(Cl)cc1. The first-order valence-electron chi connectivity index (χ1n) is 11.8. The maximum absolute atomic E-state index is 13.5. The van der Waals surface area contributed by atoms with E-state index in [1.807, 2.05) is 79.7 Å².